The number of nitrogens with zero attached hydrogens (tertiary/aromatic N) is 2. The van der Waals surface area contributed by atoms with Gasteiger partial charge in [0.15, 0.2) is 11.5 Å². The van der Waals surface area contributed by atoms with Crippen LogP contribution in [0.4, 0.5) is 0 Å². The van der Waals surface area contributed by atoms with Gasteiger partial charge in [-0.15, -0.1) is 0 Å². The first-order chi connectivity index (χ1) is 15.7. The molecule has 0 bridgehead atoms. The topological polar surface area (TPSA) is 72.9 Å². The number of hydrogen-bond donors (Lipinski definition) is 1. The summed E-state index contributed by atoms with van der Waals surface area (Å²) in [6.45, 7) is 1.91. The lowest BCUT2D eigenvalue weighted by molar-refractivity contribution is -0.127. The van der Waals surface area contributed by atoms with Crippen LogP contribution in [-0.4, -0.2) is 55.2 Å². The summed E-state index contributed by atoms with van der Waals surface area (Å²) in [5, 5.41) is 3.31. The third-order valence-corrected chi connectivity index (χ3v) is 6.44. The largest absolute Gasteiger partial charge is 0.493 e. The molecule has 1 unspecified atom stereocenters. The van der Waals surface area contributed by atoms with Gasteiger partial charge in [0.2, 0.25) is 11.7 Å². The summed E-state index contributed by atoms with van der Waals surface area (Å²) in [5.41, 5.74) is 0.967. The quantitative estimate of drug-likeness (QED) is 0.676. The molecule has 1 aliphatic heterocycles. The van der Waals surface area contributed by atoms with Gasteiger partial charge in [0.1, 0.15) is 6.04 Å². The van der Waals surface area contributed by atoms with Crippen molar-refractivity contribution in [1.29, 1.82) is 0 Å². The summed E-state index contributed by atoms with van der Waals surface area (Å²) in [4.78, 5) is 19.8. The van der Waals surface area contributed by atoms with Crippen LogP contribution < -0.4 is 19.5 Å². The number of benzene rings is 1. The fourth-order valence-corrected chi connectivity index (χ4v) is 4.80. The minimum Gasteiger partial charge on any atom is -0.493 e. The maximum absolute atomic E-state index is 13.3. The van der Waals surface area contributed by atoms with Crippen LogP contribution in [0.5, 0.6) is 17.2 Å². The Morgan fingerprint density at radius 2 is 1.78 bits per heavy atom. The van der Waals surface area contributed by atoms with Crippen LogP contribution in [0.2, 0.25) is 0 Å². The van der Waals surface area contributed by atoms with Gasteiger partial charge in [-0.2, -0.15) is 0 Å². The zero-order valence-corrected chi connectivity index (χ0v) is 19.0. The molecule has 4 rings (SSSR count). The van der Waals surface area contributed by atoms with E-state index in [0.717, 1.165) is 57.2 Å². The van der Waals surface area contributed by atoms with Crippen LogP contribution in [0.15, 0.2) is 42.7 Å². The fraction of sp³-hybridized carbons (Fsp3) is 0.520. The molecule has 1 atom stereocenters. The number of pyridine rings is 1. The minimum atomic E-state index is -0.263. The van der Waals surface area contributed by atoms with Gasteiger partial charge in [-0.1, -0.05) is 12.1 Å². The fourth-order valence-electron chi connectivity index (χ4n) is 4.80. The Kier molecular flexibility index (Phi) is 7.47. The lowest BCUT2D eigenvalue weighted by Crippen LogP contribution is -2.45. The van der Waals surface area contributed by atoms with E-state index in [4.69, 9.17) is 14.2 Å². The highest BCUT2D eigenvalue weighted by atomic mass is 16.5. The van der Waals surface area contributed by atoms with Crippen molar-refractivity contribution in [1.82, 2.24) is 15.2 Å². The maximum Gasteiger partial charge on any atom is 0.242 e. The first-order valence-corrected chi connectivity index (χ1v) is 11.5. The van der Waals surface area contributed by atoms with Gasteiger partial charge in [-0.25, -0.2) is 0 Å². The predicted molar refractivity (Wildman–Crippen MR) is 122 cm³/mol. The number of likely N-dealkylation sites (tertiary alicyclic amines) is 1. The number of aromatic nitrogens is 1. The molecule has 0 radical (unpaired) electrons. The minimum absolute atomic E-state index is 0.0822. The molecule has 1 amide bonds. The van der Waals surface area contributed by atoms with E-state index >= 15 is 0 Å². The van der Waals surface area contributed by atoms with Crippen LogP contribution in [0.25, 0.3) is 0 Å². The van der Waals surface area contributed by atoms with E-state index in [1.54, 1.807) is 20.4 Å². The van der Waals surface area contributed by atoms with Gasteiger partial charge in [0.25, 0.3) is 0 Å². The number of amides is 1. The van der Waals surface area contributed by atoms with E-state index in [0.29, 0.717) is 17.2 Å². The van der Waals surface area contributed by atoms with Crippen LogP contribution in [0.1, 0.15) is 50.1 Å². The second kappa shape index (κ2) is 10.7. The molecular formula is C25H33N3O4. The standard InChI is InChI=1S/C25H33N3O4/c1-30-21-8-5-9-22(24(21)31-2)32-20-12-10-19(11-13-20)27-25(29)23(28-15-3-4-16-28)18-7-6-14-26-17-18/h5-9,14,17,19-20,23H,3-4,10-13,15-16H2,1-2H3,(H,27,29). The number of hydrogen-bond acceptors (Lipinski definition) is 6. The van der Waals surface area contributed by atoms with Gasteiger partial charge < -0.3 is 19.5 Å². The second-order valence-corrected chi connectivity index (χ2v) is 8.52. The molecule has 7 nitrogen and oxygen atoms in total. The number of carbonyl (C=O) groups is 1. The zero-order valence-electron chi connectivity index (χ0n) is 19.0. The Bertz CT molecular complexity index is 878. The van der Waals surface area contributed by atoms with E-state index in [-0.39, 0.29) is 24.1 Å². The highest BCUT2D eigenvalue weighted by Gasteiger charge is 2.32. The molecule has 1 aromatic carbocycles. The lowest BCUT2D eigenvalue weighted by Gasteiger charge is -2.33. The Balaban J connectivity index is 1.35. The third kappa shape index (κ3) is 5.15. The van der Waals surface area contributed by atoms with Crippen molar-refractivity contribution in [3.63, 3.8) is 0 Å². The summed E-state index contributed by atoms with van der Waals surface area (Å²) < 4.78 is 17.1. The lowest BCUT2D eigenvalue weighted by atomic mass is 9.92. The number of para-hydroxylation sites is 1. The van der Waals surface area contributed by atoms with E-state index < -0.39 is 0 Å². The van der Waals surface area contributed by atoms with E-state index in [9.17, 15) is 4.79 Å². The van der Waals surface area contributed by atoms with Crippen molar-refractivity contribution in [3.8, 4) is 17.2 Å². The number of methoxy groups -OCH3 is 2. The molecule has 1 saturated heterocycles. The van der Waals surface area contributed by atoms with Crippen LogP contribution in [-0.2, 0) is 4.79 Å². The Morgan fingerprint density at radius 1 is 1.03 bits per heavy atom. The summed E-state index contributed by atoms with van der Waals surface area (Å²) in [6.07, 6.45) is 9.48. The van der Waals surface area contributed by atoms with E-state index in [2.05, 4.69) is 15.2 Å². The number of ether oxygens (including phenoxy) is 3. The number of nitrogens with one attached hydrogen (secondary N) is 1. The highest BCUT2D eigenvalue weighted by molar-refractivity contribution is 5.83. The van der Waals surface area contributed by atoms with E-state index in [1.165, 1.54) is 0 Å². The van der Waals surface area contributed by atoms with Crippen molar-refractivity contribution in [2.75, 3.05) is 27.3 Å². The summed E-state index contributed by atoms with van der Waals surface area (Å²) >= 11 is 0. The van der Waals surface area contributed by atoms with Gasteiger partial charge in [0.05, 0.1) is 20.3 Å². The SMILES string of the molecule is COc1cccc(OC2CCC(NC(=O)C(c3cccnc3)N3CCCC3)CC2)c1OC. The average molecular weight is 440 g/mol. The molecule has 2 fully saturated rings. The van der Waals surface area contributed by atoms with Gasteiger partial charge in [-0.05, 0) is 75.4 Å². The van der Waals surface area contributed by atoms with Crippen LogP contribution in [0, 0.1) is 0 Å². The average Bonchev–Trinajstić information content (AvgIpc) is 3.35. The van der Waals surface area contributed by atoms with Crippen molar-refractivity contribution < 1.29 is 19.0 Å². The molecule has 2 heterocycles. The van der Waals surface area contributed by atoms with Crippen molar-refractivity contribution in [2.45, 2.75) is 56.7 Å². The predicted octanol–water partition coefficient (Wildman–Crippen LogP) is 3.74. The number of carbonyl (C=O) groups excluding carboxylic acids is 1. The molecule has 32 heavy (non-hydrogen) atoms. The van der Waals surface area contributed by atoms with Gasteiger partial charge in [0, 0.05) is 18.4 Å². The molecule has 2 aromatic rings. The molecule has 0 spiro atoms. The summed E-state index contributed by atoms with van der Waals surface area (Å²) in [7, 11) is 3.24. The molecule has 1 aromatic heterocycles. The zero-order chi connectivity index (χ0) is 22.3. The highest BCUT2D eigenvalue weighted by Crippen LogP contribution is 2.38. The monoisotopic (exact) mass is 439 g/mol. The molecule has 2 aliphatic rings. The summed E-state index contributed by atoms with van der Waals surface area (Å²) in [6, 6.07) is 9.47. The Labute approximate surface area is 190 Å². The normalized spacial score (nSPS) is 22.2. The van der Waals surface area contributed by atoms with Gasteiger partial charge in [-0.3, -0.25) is 14.7 Å². The molecule has 172 valence electrons. The second-order valence-electron chi connectivity index (χ2n) is 8.52. The van der Waals surface area contributed by atoms with E-state index in [1.807, 2.05) is 36.5 Å². The Hall–Kier alpha value is -2.80. The molecule has 1 N–H and O–H groups in total. The third-order valence-electron chi connectivity index (χ3n) is 6.44. The molecule has 1 saturated carbocycles. The first kappa shape index (κ1) is 22.4. The maximum atomic E-state index is 13.3. The first-order valence-electron chi connectivity index (χ1n) is 11.5. The van der Waals surface area contributed by atoms with Crippen LogP contribution >= 0.6 is 0 Å². The smallest absolute Gasteiger partial charge is 0.242 e. The number of rotatable bonds is 8. The Morgan fingerprint density at radius 3 is 2.44 bits per heavy atom. The van der Waals surface area contributed by atoms with Crippen molar-refractivity contribution >= 4 is 5.91 Å². The van der Waals surface area contributed by atoms with Crippen molar-refractivity contribution in [3.05, 3.63) is 48.3 Å². The van der Waals surface area contributed by atoms with Crippen LogP contribution in [0.3, 0.4) is 0 Å². The summed E-state index contributed by atoms with van der Waals surface area (Å²) in [5.74, 6) is 2.06. The van der Waals surface area contributed by atoms with Gasteiger partial charge >= 0.3 is 0 Å². The molecular weight excluding hydrogens is 406 g/mol. The van der Waals surface area contributed by atoms with Crippen molar-refractivity contribution in [2.24, 2.45) is 0 Å². The molecule has 1 aliphatic carbocycles. The molecule has 7 heteroatoms.